The fourth-order valence-electron chi connectivity index (χ4n) is 1.13. The van der Waals surface area contributed by atoms with Gasteiger partial charge >= 0.3 is 5.97 Å². The van der Waals surface area contributed by atoms with E-state index in [2.05, 4.69) is 0 Å². The van der Waals surface area contributed by atoms with Crippen molar-refractivity contribution in [2.75, 3.05) is 13.7 Å². The van der Waals surface area contributed by atoms with Crippen LogP contribution in [0.4, 0.5) is 0 Å². The minimum absolute atomic E-state index is 0.000849. The lowest BCUT2D eigenvalue weighted by Crippen LogP contribution is -2.01. The molecule has 1 aromatic carbocycles. The van der Waals surface area contributed by atoms with E-state index in [1.807, 2.05) is 0 Å². The molecule has 0 spiro atoms. The Morgan fingerprint density at radius 2 is 2.13 bits per heavy atom. The van der Waals surface area contributed by atoms with Gasteiger partial charge in [-0.1, -0.05) is 11.6 Å². The molecule has 1 rings (SSSR count). The summed E-state index contributed by atoms with van der Waals surface area (Å²) in [7, 11) is 1.47. The van der Waals surface area contributed by atoms with Gasteiger partial charge in [-0.15, -0.1) is 0 Å². The van der Waals surface area contributed by atoms with Crippen molar-refractivity contribution in [1.29, 1.82) is 0 Å². The number of hydrogen-bond acceptors (Lipinski definition) is 3. The number of benzene rings is 1. The molecule has 0 bridgehead atoms. The molecule has 0 heterocycles. The summed E-state index contributed by atoms with van der Waals surface area (Å²) < 4.78 is 10.2. The molecule has 0 saturated heterocycles. The molecule has 1 aromatic rings. The van der Waals surface area contributed by atoms with Crippen LogP contribution in [0.25, 0.3) is 0 Å². The van der Waals surface area contributed by atoms with E-state index in [1.54, 1.807) is 6.92 Å². The number of ether oxygens (including phenoxy) is 2. The summed E-state index contributed by atoms with van der Waals surface area (Å²) >= 11 is 5.76. The maximum absolute atomic E-state index is 10.8. The summed E-state index contributed by atoms with van der Waals surface area (Å²) in [5, 5.41) is 8.97. The first kappa shape index (κ1) is 11.7. The van der Waals surface area contributed by atoms with Gasteiger partial charge in [-0.2, -0.15) is 0 Å². The molecular formula is C10H11ClO4. The Kier molecular flexibility index (Phi) is 3.80. The number of carboxylic acid groups (broad SMARTS) is 1. The van der Waals surface area contributed by atoms with E-state index in [1.165, 1.54) is 19.2 Å². The van der Waals surface area contributed by atoms with Gasteiger partial charge in [-0.3, -0.25) is 0 Å². The molecule has 0 radical (unpaired) electrons. The monoisotopic (exact) mass is 230 g/mol. The molecule has 4 nitrogen and oxygen atoms in total. The van der Waals surface area contributed by atoms with Gasteiger partial charge < -0.3 is 14.6 Å². The topological polar surface area (TPSA) is 55.8 Å². The van der Waals surface area contributed by atoms with Gasteiger partial charge in [0.1, 0.15) is 0 Å². The molecule has 5 heteroatoms. The molecule has 0 saturated carbocycles. The summed E-state index contributed by atoms with van der Waals surface area (Å²) in [5.74, 6) is -0.294. The maximum atomic E-state index is 10.8. The van der Waals surface area contributed by atoms with Crippen LogP contribution in [-0.2, 0) is 0 Å². The predicted octanol–water partition coefficient (Wildman–Crippen LogP) is 2.45. The van der Waals surface area contributed by atoms with E-state index in [-0.39, 0.29) is 10.6 Å². The summed E-state index contributed by atoms with van der Waals surface area (Å²) in [6.45, 7) is 2.23. The predicted molar refractivity (Wildman–Crippen MR) is 56.1 cm³/mol. The SMILES string of the molecule is CCOc1cc(C(=O)O)c(Cl)cc1OC. The van der Waals surface area contributed by atoms with Crippen molar-refractivity contribution in [3.63, 3.8) is 0 Å². The average Bonchev–Trinajstić information content (AvgIpc) is 2.20. The largest absolute Gasteiger partial charge is 0.493 e. The Bertz CT molecular complexity index is 376. The van der Waals surface area contributed by atoms with Gasteiger partial charge in [0, 0.05) is 12.1 Å². The highest BCUT2D eigenvalue weighted by Crippen LogP contribution is 2.33. The van der Waals surface area contributed by atoms with Crippen LogP contribution in [0.5, 0.6) is 11.5 Å². The quantitative estimate of drug-likeness (QED) is 0.863. The van der Waals surface area contributed by atoms with E-state index in [0.717, 1.165) is 0 Å². The molecular weight excluding hydrogens is 220 g/mol. The Hall–Kier alpha value is -1.42. The first-order valence-corrected chi connectivity index (χ1v) is 4.71. The van der Waals surface area contributed by atoms with Gasteiger partial charge in [-0.05, 0) is 6.92 Å². The van der Waals surface area contributed by atoms with E-state index >= 15 is 0 Å². The molecule has 0 fully saturated rings. The molecule has 82 valence electrons. The van der Waals surface area contributed by atoms with Crippen molar-refractivity contribution >= 4 is 17.6 Å². The second kappa shape index (κ2) is 4.89. The standard InChI is InChI=1S/C10H11ClO4/c1-3-15-9-4-6(10(12)13)7(11)5-8(9)14-2/h4-5H,3H2,1-2H3,(H,12,13). The third-order valence-electron chi connectivity index (χ3n) is 1.78. The third kappa shape index (κ3) is 2.53. The van der Waals surface area contributed by atoms with Crippen LogP contribution in [0.15, 0.2) is 12.1 Å². The van der Waals surface area contributed by atoms with Crippen molar-refractivity contribution in [2.45, 2.75) is 6.92 Å². The summed E-state index contributed by atoms with van der Waals surface area (Å²) in [6, 6.07) is 2.78. The van der Waals surface area contributed by atoms with Crippen molar-refractivity contribution < 1.29 is 19.4 Å². The maximum Gasteiger partial charge on any atom is 0.337 e. The summed E-state index contributed by atoms with van der Waals surface area (Å²) in [6.07, 6.45) is 0. The number of carbonyl (C=O) groups is 1. The first-order valence-electron chi connectivity index (χ1n) is 4.33. The molecule has 0 aliphatic carbocycles. The third-order valence-corrected chi connectivity index (χ3v) is 2.10. The number of aromatic carboxylic acids is 1. The Balaban J connectivity index is 3.23. The highest BCUT2D eigenvalue weighted by Gasteiger charge is 2.14. The molecule has 0 aliphatic heterocycles. The number of rotatable bonds is 4. The van der Waals surface area contributed by atoms with Crippen molar-refractivity contribution in [2.24, 2.45) is 0 Å². The minimum atomic E-state index is -1.09. The van der Waals surface area contributed by atoms with Crippen LogP contribution in [-0.4, -0.2) is 24.8 Å². The minimum Gasteiger partial charge on any atom is -0.493 e. The van der Waals surface area contributed by atoms with Crippen LogP contribution >= 0.6 is 11.6 Å². The average molecular weight is 231 g/mol. The van der Waals surface area contributed by atoms with Crippen LogP contribution < -0.4 is 9.47 Å². The van der Waals surface area contributed by atoms with Crippen LogP contribution in [0.2, 0.25) is 5.02 Å². The van der Waals surface area contributed by atoms with Crippen LogP contribution in [0.1, 0.15) is 17.3 Å². The lowest BCUT2D eigenvalue weighted by Gasteiger charge is -2.10. The highest BCUT2D eigenvalue weighted by atomic mass is 35.5. The Morgan fingerprint density at radius 3 is 2.60 bits per heavy atom. The van der Waals surface area contributed by atoms with E-state index in [9.17, 15) is 4.79 Å². The fraction of sp³-hybridized carbons (Fsp3) is 0.300. The normalized spacial score (nSPS) is 9.80. The molecule has 0 unspecified atom stereocenters. The van der Waals surface area contributed by atoms with Crippen LogP contribution in [0, 0.1) is 0 Å². The summed E-state index contributed by atoms with van der Waals surface area (Å²) in [5.41, 5.74) is 0.000849. The number of methoxy groups -OCH3 is 1. The van der Waals surface area contributed by atoms with Crippen LogP contribution in [0.3, 0.4) is 0 Å². The van der Waals surface area contributed by atoms with Gasteiger partial charge in [-0.25, -0.2) is 4.79 Å². The second-order valence-corrected chi connectivity index (χ2v) is 3.13. The van der Waals surface area contributed by atoms with E-state index in [0.29, 0.717) is 18.1 Å². The van der Waals surface area contributed by atoms with Crippen molar-refractivity contribution in [1.82, 2.24) is 0 Å². The molecule has 0 aromatic heterocycles. The fourth-order valence-corrected chi connectivity index (χ4v) is 1.36. The highest BCUT2D eigenvalue weighted by molar-refractivity contribution is 6.33. The first-order chi connectivity index (χ1) is 7.10. The molecule has 0 aliphatic rings. The lowest BCUT2D eigenvalue weighted by atomic mass is 10.2. The number of carboxylic acids is 1. The van der Waals surface area contributed by atoms with Gasteiger partial charge in [0.15, 0.2) is 11.5 Å². The smallest absolute Gasteiger partial charge is 0.337 e. The van der Waals surface area contributed by atoms with Gasteiger partial charge in [0.2, 0.25) is 0 Å². The van der Waals surface area contributed by atoms with Crippen molar-refractivity contribution in [3.05, 3.63) is 22.7 Å². The number of hydrogen-bond donors (Lipinski definition) is 1. The zero-order valence-electron chi connectivity index (χ0n) is 8.41. The Labute approximate surface area is 92.4 Å². The zero-order valence-corrected chi connectivity index (χ0v) is 9.17. The van der Waals surface area contributed by atoms with E-state index in [4.69, 9.17) is 26.2 Å². The van der Waals surface area contributed by atoms with Gasteiger partial charge in [0.05, 0.1) is 24.3 Å². The summed E-state index contributed by atoms with van der Waals surface area (Å²) in [4.78, 5) is 10.8. The van der Waals surface area contributed by atoms with E-state index < -0.39 is 5.97 Å². The molecule has 0 amide bonds. The second-order valence-electron chi connectivity index (χ2n) is 2.72. The zero-order chi connectivity index (χ0) is 11.4. The molecule has 1 N–H and O–H groups in total. The lowest BCUT2D eigenvalue weighted by molar-refractivity contribution is 0.0696. The van der Waals surface area contributed by atoms with Gasteiger partial charge in [0.25, 0.3) is 0 Å². The Morgan fingerprint density at radius 1 is 1.47 bits per heavy atom. The number of halogens is 1. The molecule has 0 atom stereocenters. The van der Waals surface area contributed by atoms with Crippen molar-refractivity contribution in [3.8, 4) is 11.5 Å². The molecule has 15 heavy (non-hydrogen) atoms.